The van der Waals surface area contributed by atoms with E-state index in [1.807, 2.05) is 53.6 Å². The summed E-state index contributed by atoms with van der Waals surface area (Å²) in [6.07, 6.45) is 4.65. The van der Waals surface area contributed by atoms with E-state index in [2.05, 4.69) is 10.3 Å². The average Bonchev–Trinajstić information content (AvgIpc) is 3.30. The van der Waals surface area contributed by atoms with Gasteiger partial charge in [0.25, 0.3) is 5.91 Å². The van der Waals surface area contributed by atoms with Gasteiger partial charge >= 0.3 is 0 Å². The summed E-state index contributed by atoms with van der Waals surface area (Å²) in [7, 11) is 0. The number of carbonyl (C=O) groups excluding carboxylic acids is 1. The van der Waals surface area contributed by atoms with Crippen LogP contribution in [0.15, 0.2) is 59.3 Å². The lowest BCUT2D eigenvalue weighted by Gasteiger charge is -2.24. The van der Waals surface area contributed by atoms with E-state index >= 15 is 0 Å². The first kappa shape index (κ1) is 15.8. The van der Waals surface area contributed by atoms with E-state index in [1.54, 1.807) is 6.20 Å². The van der Waals surface area contributed by atoms with Gasteiger partial charge in [-0.1, -0.05) is 24.3 Å². The van der Waals surface area contributed by atoms with Crippen LogP contribution in [0.25, 0.3) is 11.0 Å². The van der Waals surface area contributed by atoms with Crippen LogP contribution in [-0.4, -0.2) is 35.4 Å². The van der Waals surface area contributed by atoms with Crippen LogP contribution < -0.4 is 5.32 Å². The molecule has 1 N–H and O–H groups in total. The molecule has 0 saturated carbocycles. The van der Waals surface area contributed by atoms with Crippen molar-refractivity contribution in [3.63, 3.8) is 0 Å². The number of benzene rings is 1. The lowest BCUT2D eigenvalue weighted by molar-refractivity contribution is 0.0688. The second-order valence-corrected chi connectivity index (χ2v) is 6.55. The van der Waals surface area contributed by atoms with E-state index in [1.165, 1.54) is 0 Å². The molecule has 4 rings (SSSR count). The highest BCUT2D eigenvalue weighted by atomic mass is 16.3. The molecule has 0 radical (unpaired) electrons. The zero-order valence-electron chi connectivity index (χ0n) is 14.0. The maximum absolute atomic E-state index is 13.1. The molecule has 5 nitrogen and oxygen atoms in total. The number of furan rings is 1. The van der Waals surface area contributed by atoms with Crippen molar-refractivity contribution in [3.8, 4) is 0 Å². The fraction of sp³-hybridized carbons (Fsp3) is 0.300. The van der Waals surface area contributed by atoms with Crippen molar-refractivity contribution < 1.29 is 9.21 Å². The van der Waals surface area contributed by atoms with Crippen molar-refractivity contribution in [3.05, 3.63) is 66.2 Å². The van der Waals surface area contributed by atoms with E-state index in [0.29, 0.717) is 18.2 Å². The Morgan fingerprint density at radius 3 is 2.96 bits per heavy atom. The third-order valence-electron chi connectivity index (χ3n) is 4.66. The predicted octanol–water partition coefficient (Wildman–Crippen LogP) is 3.08. The molecule has 0 bridgehead atoms. The lowest BCUT2D eigenvalue weighted by Crippen LogP contribution is -2.35. The average molecular weight is 335 g/mol. The fourth-order valence-electron chi connectivity index (χ4n) is 3.36. The highest BCUT2D eigenvalue weighted by molar-refractivity contribution is 5.96. The Morgan fingerprint density at radius 1 is 1.28 bits per heavy atom. The molecule has 128 valence electrons. The summed E-state index contributed by atoms with van der Waals surface area (Å²) in [6, 6.07) is 13.4. The van der Waals surface area contributed by atoms with Gasteiger partial charge in [0.15, 0.2) is 5.76 Å². The number of nitrogens with one attached hydrogen (secondary N) is 1. The molecule has 0 spiro atoms. The maximum atomic E-state index is 13.1. The number of aromatic nitrogens is 1. The van der Waals surface area contributed by atoms with E-state index in [4.69, 9.17) is 4.42 Å². The molecule has 1 saturated heterocycles. The van der Waals surface area contributed by atoms with Crippen molar-refractivity contribution in [1.29, 1.82) is 0 Å². The van der Waals surface area contributed by atoms with Crippen LogP contribution in [0.1, 0.15) is 22.5 Å². The number of hydrogen-bond donors (Lipinski definition) is 1. The van der Waals surface area contributed by atoms with Gasteiger partial charge in [-0.2, -0.15) is 0 Å². The Bertz CT molecular complexity index is 821. The van der Waals surface area contributed by atoms with Crippen LogP contribution in [0.3, 0.4) is 0 Å². The summed E-state index contributed by atoms with van der Waals surface area (Å²) >= 11 is 0. The number of fused-ring (bicyclic) bond motifs is 1. The van der Waals surface area contributed by atoms with E-state index in [9.17, 15) is 4.79 Å². The predicted molar refractivity (Wildman–Crippen MR) is 96.2 cm³/mol. The molecule has 0 aliphatic carbocycles. The van der Waals surface area contributed by atoms with Gasteiger partial charge in [-0.25, -0.2) is 0 Å². The molecule has 0 unspecified atom stereocenters. The second kappa shape index (κ2) is 7.07. The molecule has 25 heavy (non-hydrogen) atoms. The Balaban J connectivity index is 1.59. The molecule has 1 atom stereocenters. The molecule has 5 heteroatoms. The lowest BCUT2D eigenvalue weighted by atomic mass is 10.1. The topological polar surface area (TPSA) is 58.4 Å². The number of amides is 1. The van der Waals surface area contributed by atoms with E-state index < -0.39 is 0 Å². The van der Waals surface area contributed by atoms with Crippen molar-refractivity contribution in [1.82, 2.24) is 15.2 Å². The van der Waals surface area contributed by atoms with Gasteiger partial charge in [0.2, 0.25) is 0 Å². The Hall–Kier alpha value is -2.66. The third-order valence-corrected chi connectivity index (χ3v) is 4.66. The molecule has 1 aromatic carbocycles. The van der Waals surface area contributed by atoms with Gasteiger partial charge in [-0.15, -0.1) is 0 Å². The fourth-order valence-corrected chi connectivity index (χ4v) is 3.36. The minimum Gasteiger partial charge on any atom is -0.451 e. The molecule has 1 aliphatic rings. The number of pyridine rings is 1. The summed E-state index contributed by atoms with van der Waals surface area (Å²) in [5.41, 5.74) is 1.77. The van der Waals surface area contributed by atoms with Crippen LogP contribution in [0, 0.1) is 5.92 Å². The highest BCUT2D eigenvalue weighted by Gasteiger charge is 2.25. The first-order chi connectivity index (χ1) is 12.3. The summed E-state index contributed by atoms with van der Waals surface area (Å²) in [4.78, 5) is 19.1. The molecular formula is C20H21N3O2. The van der Waals surface area contributed by atoms with Crippen LogP contribution in [0.2, 0.25) is 0 Å². The summed E-state index contributed by atoms with van der Waals surface area (Å²) < 4.78 is 5.79. The SMILES string of the molecule is O=C(c1cc2ccccc2o1)N(Cc1cccnc1)C[C@H]1CCNC1. The third kappa shape index (κ3) is 3.56. The molecule has 1 aliphatic heterocycles. The van der Waals surface area contributed by atoms with Crippen molar-refractivity contribution in [2.24, 2.45) is 5.92 Å². The monoisotopic (exact) mass is 335 g/mol. The molecular weight excluding hydrogens is 314 g/mol. The number of hydrogen-bond acceptors (Lipinski definition) is 4. The quantitative estimate of drug-likeness (QED) is 0.778. The van der Waals surface area contributed by atoms with Crippen molar-refractivity contribution >= 4 is 16.9 Å². The van der Waals surface area contributed by atoms with Gasteiger partial charge in [-0.05, 0) is 49.2 Å². The first-order valence-electron chi connectivity index (χ1n) is 8.67. The van der Waals surface area contributed by atoms with Crippen LogP contribution in [-0.2, 0) is 6.54 Å². The van der Waals surface area contributed by atoms with Crippen LogP contribution >= 0.6 is 0 Å². The highest BCUT2D eigenvalue weighted by Crippen LogP contribution is 2.22. The van der Waals surface area contributed by atoms with Crippen LogP contribution in [0.4, 0.5) is 0 Å². The molecule has 2 aromatic heterocycles. The first-order valence-corrected chi connectivity index (χ1v) is 8.67. The minimum absolute atomic E-state index is 0.0630. The molecule has 1 fully saturated rings. The Kier molecular flexibility index (Phi) is 4.48. The number of para-hydroxylation sites is 1. The van der Waals surface area contributed by atoms with Gasteiger partial charge in [0, 0.05) is 30.9 Å². The Morgan fingerprint density at radius 2 is 2.20 bits per heavy atom. The number of carbonyl (C=O) groups is 1. The van der Waals surface area contributed by atoms with Gasteiger partial charge in [0.1, 0.15) is 5.58 Å². The second-order valence-electron chi connectivity index (χ2n) is 6.55. The zero-order chi connectivity index (χ0) is 17.1. The molecule has 3 aromatic rings. The largest absolute Gasteiger partial charge is 0.451 e. The van der Waals surface area contributed by atoms with Gasteiger partial charge in [-0.3, -0.25) is 9.78 Å². The summed E-state index contributed by atoms with van der Waals surface area (Å²) in [6.45, 7) is 3.24. The summed E-state index contributed by atoms with van der Waals surface area (Å²) in [5, 5.41) is 4.32. The standard InChI is InChI=1S/C20H21N3O2/c24-20(19-10-17-5-1-2-6-18(17)25-19)23(14-16-7-9-22-12-16)13-15-4-3-8-21-11-15/h1-6,8,10-11,16,22H,7,9,12-14H2/t16-/m0/s1. The zero-order valence-corrected chi connectivity index (χ0v) is 14.0. The smallest absolute Gasteiger partial charge is 0.289 e. The molecule has 3 heterocycles. The number of nitrogens with zero attached hydrogens (tertiary/aromatic N) is 2. The number of rotatable bonds is 5. The van der Waals surface area contributed by atoms with Gasteiger partial charge < -0.3 is 14.6 Å². The van der Waals surface area contributed by atoms with E-state index in [-0.39, 0.29) is 5.91 Å². The normalized spacial score (nSPS) is 17.0. The van der Waals surface area contributed by atoms with Gasteiger partial charge in [0.05, 0.1) is 0 Å². The van der Waals surface area contributed by atoms with Crippen LogP contribution in [0.5, 0.6) is 0 Å². The van der Waals surface area contributed by atoms with E-state index in [0.717, 1.165) is 42.6 Å². The maximum Gasteiger partial charge on any atom is 0.289 e. The minimum atomic E-state index is -0.0630. The molecule has 1 amide bonds. The van der Waals surface area contributed by atoms with Crippen molar-refractivity contribution in [2.75, 3.05) is 19.6 Å². The summed E-state index contributed by atoms with van der Waals surface area (Å²) in [5.74, 6) is 0.813. The Labute approximate surface area is 146 Å². The van der Waals surface area contributed by atoms with Crippen molar-refractivity contribution in [2.45, 2.75) is 13.0 Å².